The van der Waals surface area contributed by atoms with E-state index < -0.39 is 5.97 Å². The predicted molar refractivity (Wildman–Crippen MR) is 73.9 cm³/mol. The first kappa shape index (κ1) is 13.3. The van der Waals surface area contributed by atoms with Gasteiger partial charge in [-0.05, 0) is 46.7 Å². The molecular formula is C13H17BrN2O2. The van der Waals surface area contributed by atoms with E-state index in [1.54, 1.807) is 12.3 Å². The van der Waals surface area contributed by atoms with E-state index in [2.05, 4.69) is 33.2 Å². The fourth-order valence-corrected chi connectivity index (χ4v) is 2.83. The van der Waals surface area contributed by atoms with Crippen LogP contribution in [0.3, 0.4) is 0 Å². The van der Waals surface area contributed by atoms with Gasteiger partial charge in [-0.25, -0.2) is 9.78 Å². The minimum atomic E-state index is -0.953. The number of rotatable bonds is 4. The van der Waals surface area contributed by atoms with Crippen LogP contribution in [0.5, 0.6) is 0 Å². The SMILES string of the molecule is CC1CCC(CNc2ncc(Br)cc2C(=O)O)C1. The van der Waals surface area contributed by atoms with E-state index in [0.29, 0.717) is 16.2 Å². The molecule has 0 aromatic carbocycles. The highest BCUT2D eigenvalue weighted by Crippen LogP contribution is 2.30. The minimum absolute atomic E-state index is 0.218. The molecule has 0 aliphatic heterocycles. The number of aromatic nitrogens is 1. The minimum Gasteiger partial charge on any atom is -0.478 e. The fourth-order valence-electron chi connectivity index (χ4n) is 2.49. The lowest BCUT2D eigenvalue weighted by Gasteiger charge is -2.13. The molecule has 1 saturated carbocycles. The molecule has 0 bridgehead atoms. The normalized spacial score (nSPS) is 23.0. The molecule has 18 heavy (non-hydrogen) atoms. The zero-order chi connectivity index (χ0) is 13.1. The van der Waals surface area contributed by atoms with Gasteiger partial charge in [0.15, 0.2) is 0 Å². The first-order chi connectivity index (χ1) is 8.56. The van der Waals surface area contributed by atoms with Crippen molar-refractivity contribution in [2.45, 2.75) is 26.2 Å². The molecule has 1 heterocycles. The largest absolute Gasteiger partial charge is 0.478 e. The summed E-state index contributed by atoms with van der Waals surface area (Å²) in [7, 11) is 0. The number of hydrogen-bond acceptors (Lipinski definition) is 3. The molecule has 2 rings (SSSR count). The van der Waals surface area contributed by atoms with Gasteiger partial charge < -0.3 is 10.4 Å². The Morgan fingerprint density at radius 1 is 1.61 bits per heavy atom. The van der Waals surface area contributed by atoms with Crippen molar-refractivity contribution in [3.63, 3.8) is 0 Å². The van der Waals surface area contributed by atoms with Gasteiger partial charge in [0.1, 0.15) is 11.4 Å². The Bertz CT molecular complexity index is 451. The van der Waals surface area contributed by atoms with E-state index in [9.17, 15) is 4.79 Å². The van der Waals surface area contributed by atoms with Crippen molar-refractivity contribution in [1.82, 2.24) is 4.98 Å². The summed E-state index contributed by atoms with van der Waals surface area (Å²) in [6, 6.07) is 1.58. The lowest BCUT2D eigenvalue weighted by molar-refractivity contribution is 0.0697. The molecule has 0 spiro atoms. The third-order valence-electron chi connectivity index (χ3n) is 3.45. The van der Waals surface area contributed by atoms with Crippen LogP contribution in [0.25, 0.3) is 0 Å². The highest BCUT2D eigenvalue weighted by atomic mass is 79.9. The molecule has 5 heteroatoms. The molecule has 4 nitrogen and oxygen atoms in total. The fraction of sp³-hybridized carbons (Fsp3) is 0.538. The molecule has 2 atom stereocenters. The van der Waals surface area contributed by atoms with E-state index in [1.165, 1.54) is 19.3 Å². The lowest BCUT2D eigenvalue weighted by atomic mass is 10.1. The summed E-state index contributed by atoms with van der Waals surface area (Å²) in [5.41, 5.74) is 0.218. The van der Waals surface area contributed by atoms with Gasteiger partial charge in [-0.15, -0.1) is 0 Å². The number of pyridine rings is 1. The van der Waals surface area contributed by atoms with Crippen molar-refractivity contribution in [2.24, 2.45) is 11.8 Å². The Balaban J connectivity index is 2.02. The molecule has 1 fully saturated rings. The standard InChI is InChI=1S/C13H17BrN2O2/c1-8-2-3-9(4-8)6-15-12-11(13(17)18)5-10(14)7-16-12/h5,7-9H,2-4,6H2,1H3,(H,15,16)(H,17,18). The van der Waals surface area contributed by atoms with Gasteiger partial charge in [-0.3, -0.25) is 0 Å². The molecule has 1 aliphatic rings. The third-order valence-corrected chi connectivity index (χ3v) is 3.88. The van der Waals surface area contributed by atoms with Crippen LogP contribution < -0.4 is 5.32 Å². The zero-order valence-corrected chi connectivity index (χ0v) is 11.9. The Morgan fingerprint density at radius 2 is 2.39 bits per heavy atom. The Morgan fingerprint density at radius 3 is 3.00 bits per heavy atom. The van der Waals surface area contributed by atoms with E-state index in [1.807, 2.05) is 0 Å². The first-order valence-corrected chi connectivity index (χ1v) is 6.98. The van der Waals surface area contributed by atoms with Crippen molar-refractivity contribution >= 4 is 27.7 Å². The van der Waals surface area contributed by atoms with E-state index in [0.717, 1.165) is 12.5 Å². The molecule has 0 radical (unpaired) electrons. The number of nitrogens with zero attached hydrogens (tertiary/aromatic N) is 1. The van der Waals surface area contributed by atoms with Gasteiger partial charge in [0, 0.05) is 17.2 Å². The van der Waals surface area contributed by atoms with Gasteiger partial charge >= 0.3 is 5.97 Å². The van der Waals surface area contributed by atoms with Gasteiger partial charge in [0.25, 0.3) is 0 Å². The number of hydrogen-bond donors (Lipinski definition) is 2. The maximum absolute atomic E-state index is 11.1. The second kappa shape index (κ2) is 5.69. The van der Waals surface area contributed by atoms with Crippen molar-refractivity contribution < 1.29 is 9.90 Å². The molecule has 1 aliphatic carbocycles. The van der Waals surface area contributed by atoms with Crippen LogP contribution in [0.15, 0.2) is 16.7 Å². The van der Waals surface area contributed by atoms with Crippen molar-refractivity contribution in [1.29, 1.82) is 0 Å². The van der Waals surface area contributed by atoms with E-state index >= 15 is 0 Å². The summed E-state index contributed by atoms with van der Waals surface area (Å²) in [4.78, 5) is 15.3. The van der Waals surface area contributed by atoms with Gasteiger partial charge in [-0.2, -0.15) is 0 Å². The van der Waals surface area contributed by atoms with Crippen molar-refractivity contribution in [3.05, 3.63) is 22.3 Å². The summed E-state index contributed by atoms with van der Waals surface area (Å²) in [5.74, 6) is 0.928. The predicted octanol–water partition coefficient (Wildman–Crippen LogP) is 3.39. The molecule has 2 N–H and O–H groups in total. The van der Waals surface area contributed by atoms with Crippen LogP contribution in [0.2, 0.25) is 0 Å². The Hall–Kier alpha value is -1.10. The zero-order valence-electron chi connectivity index (χ0n) is 10.3. The molecule has 98 valence electrons. The average molecular weight is 313 g/mol. The van der Waals surface area contributed by atoms with Gasteiger partial charge in [0.05, 0.1) is 0 Å². The van der Waals surface area contributed by atoms with Crippen LogP contribution in [0, 0.1) is 11.8 Å². The number of nitrogens with one attached hydrogen (secondary N) is 1. The van der Waals surface area contributed by atoms with Crippen LogP contribution in [0.1, 0.15) is 36.5 Å². The number of carbonyl (C=O) groups is 1. The van der Waals surface area contributed by atoms with Gasteiger partial charge in [-0.1, -0.05) is 13.3 Å². The average Bonchev–Trinajstić information content (AvgIpc) is 2.73. The second-order valence-corrected chi connectivity index (χ2v) is 5.94. The van der Waals surface area contributed by atoms with Crippen LogP contribution in [-0.2, 0) is 0 Å². The van der Waals surface area contributed by atoms with Crippen molar-refractivity contribution in [3.8, 4) is 0 Å². The molecule has 1 aromatic rings. The van der Waals surface area contributed by atoms with Crippen LogP contribution in [0.4, 0.5) is 5.82 Å². The summed E-state index contributed by atoms with van der Waals surface area (Å²) in [6.07, 6.45) is 5.32. The second-order valence-electron chi connectivity index (χ2n) is 5.02. The Labute approximate surface area is 115 Å². The van der Waals surface area contributed by atoms with Gasteiger partial charge in [0.2, 0.25) is 0 Å². The number of anilines is 1. The summed E-state index contributed by atoms with van der Waals surface area (Å²) >= 11 is 3.24. The lowest BCUT2D eigenvalue weighted by Crippen LogP contribution is -2.15. The quantitative estimate of drug-likeness (QED) is 0.894. The molecular weight excluding hydrogens is 296 g/mol. The number of carboxylic acid groups (broad SMARTS) is 1. The molecule has 2 unspecified atom stereocenters. The monoisotopic (exact) mass is 312 g/mol. The first-order valence-electron chi connectivity index (χ1n) is 6.19. The third kappa shape index (κ3) is 3.22. The van der Waals surface area contributed by atoms with E-state index in [4.69, 9.17) is 5.11 Å². The summed E-state index contributed by atoms with van der Waals surface area (Å²) in [5, 5.41) is 12.3. The number of carboxylic acids is 1. The highest BCUT2D eigenvalue weighted by Gasteiger charge is 2.21. The van der Waals surface area contributed by atoms with Crippen LogP contribution in [-0.4, -0.2) is 22.6 Å². The highest BCUT2D eigenvalue weighted by molar-refractivity contribution is 9.10. The number of halogens is 1. The summed E-state index contributed by atoms with van der Waals surface area (Å²) in [6.45, 7) is 3.07. The topological polar surface area (TPSA) is 62.2 Å². The van der Waals surface area contributed by atoms with Crippen LogP contribution >= 0.6 is 15.9 Å². The maximum Gasteiger partial charge on any atom is 0.339 e. The molecule has 0 amide bonds. The molecule has 0 saturated heterocycles. The molecule has 1 aromatic heterocycles. The summed E-state index contributed by atoms with van der Waals surface area (Å²) < 4.78 is 0.680. The Kier molecular flexibility index (Phi) is 4.22. The van der Waals surface area contributed by atoms with Crippen molar-refractivity contribution in [2.75, 3.05) is 11.9 Å². The number of aromatic carboxylic acids is 1. The maximum atomic E-state index is 11.1. The smallest absolute Gasteiger partial charge is 0.339 e. The van der Waals surface area contributed by atoms with E-state index in [-0.39, 0.29) is 5.56 Å².